The average Bonchev–Trinajstić information content (AvgIpc) is 3.46. The number of anilines is 2. The molecule has 0 radical (unpaired) electrons. The van der Waals surface area contributed by atoms with Crippen molar-refractivity contribution in [3.63, 3.8) is 0 Å². The summed E-state index contributed by atoms with van der Waals surface area (Å²) in [6.07, 6.45) is 4.13. The summed E-state index contributed by atoms with van der Waals surface area (Å²) in [5, 5.41) is 18.7. The molecule has 3 N–H and O–H groups in total. The number of hydrogen-bond acceptors (Lipinski definition) is 8. The van der Waals surface area contributed by atoms with E-state index in [4.69, 9.17) is 16.3 Å². The number of piperazine rings is 1. The van der Waals surface area contributed by atoms with Gasteiger partial charge in [-0.15, -0.1) is 0 Å². The number of aliphatic hydroxyl groups excluding tert-OH is 1. The van der Waals surface area contributed by atoms with Crippen molar-refractivity contribution in [1.29, 1.82) is 0 Å². The van der Waals surface area contributed by atoms with Crippen molar-refractivity contribution in [3.05, 3.63) is 95.2 Å². The van der Waals surface area contributed by atoms with Gasteiger partial charge in [-0.2, -0.15) is 0 Å². The van der Waals surface area contributed by atoms with E-state index in [0.717, 1.165) is 66.9 Å². The summed E-state index contributed by atoms with van der Waals surface area (Å²) >= 11 is 6.51. The lowest BCUT2D eigenvalue weighted by atomic mass is 10.0. The summed E-state index contributed by atoms with van der Waals surface area (Å²) in [6, 6.07) is 17.9. The molecule has 212 valence electrons. The Labute approximate surface area is 243 Å². The molecular weight excluding hydrogens is 543 g/mol. The fourth-order valence-electron chi connectivity index (χ4n) is 5.26. The number of fused-ring (bicyclic) bond motifs is 1. The molecule has 1 aromatic heterocycles. The van der Waals surface area contributed by atoms with Gasteiger partial charge in [-0.1, -0.05) is 29.8 Å². The number of nitrogens with one attached hydrogen (secondary N) is 2. The zero-order chi connectivity index (χ0) is 28.2. The molecule has 4 aromatic rings. The average molecular weight is 575 g/mol. The molecule has 3 heterocycles. The van der Waals surface area contributed by atoms with Gasteiger partial charge in [0.25, 0.3) is 0 Å². The van der Waals surface area contributed by atoms with Crippen LogP contribution in [0.4, 0.5) is 15.9 Å². The van der Waals surface area contributed by atoms with Gasteiger partial charge in [-0.25, -0.2) is 14.4 Å². The first-order chi connectivity index (χ1) is 20.0. The molecule has 0 amide bonds. The molecule has 10 heteroatoms. The quantitative estimate of drug-likeness (QED) is 0.257. The third-order valence-corrected chi connectivity index (χ3v) is 7.76. The number of benzene rings is 3. The lowest BCUT2D eigenvalue weighted by Crippen LogP contribution is -2.51. The highest BCUT2D eigenvalue weighted by molar-refractivity contribution is 6.32. The summed E-state index contributed by atoms with van der Waals surface area (Å²) in [5.41, 5.74) is 4.64. The highest BCUT2D eigenvalue weighted by Gasteiger charge is 2.22. The highest BCUT2D eigenvalue weighted by Crippen LogP contribution is 2.33. The Morgan fingerprint density at radius 3 is 2.76 bits per heavy atom. The molecule has 2 aliphatic heterocycles. The van der Waals surface area contributed by atoms with Gasteiger partial charge in [0.1, 0.15) is 36.5 Å². The van der Waals surface area contributed by atoms with Crippen LogP contribution in [0.1, 0.15) is 17.5 Å². The second-order valence-corrected chi connectivity index (χ2v) is 10.7. The molecule has 6 rings (SSSR count). The Morgan fingerprint density at radius 1 is 1.05 bits per heavy atom. The van der Waals surface area contributed by atoms with E-state index in [-0.39, 0.29) is 12.4 Å². The van der Waals surface area contributed by atoms with Crippen molar-refractivity contribution in [2.24, 2.45) is 0 Å². The SMILES string of the molecule is OC(CN1C=C(c2ccc3ncnc(Nc4ccc(OCc5cccc(F)c5)c(Cl)c4)c3c2)CC1)N1CCNCC1. The Morgan fingerprint density at radius 2 is 1.93 bits per heavy atom. The van der Waals surface area contributed by atoms with Crippen molar-refractivity contribution in [2.45, 2.75) is 19.3 Å². The van der Waals surface area contributed by atoms with E-state index in [2.05, 4.69) is 48.7 Å². The van der Waals surface area contributed by atoms with Gasteiger partial charge in [0, 0.05) is 50.0 Å². The molecule has 41 heavy (non-hydrogen) atoms. The minimum absolute atomic E-state index is 0.214. The number of aliphatic hydroxyl groups is 1. The second kappa shape index (κ2) is 12.4. The molecule has 1 unspecified atom stereocenters. The first-order valence-corrected chi connectivity index (χ1v) is 14.2. The second-order valence-electron chi connectivity index (χ2n) is 10.3. The minimum atomic E-state index is -0.474. The number of hydrogen-bond donors (Lipinski definition) is 3. The molecule has 1 atom stereocenters. The molecule has 3 aromatic carbocycles. The summed E-state index contributed by atoms with van der Waals surface area (Å²) in [7, 11) is 0. The highest BCUT2D eigenvalue weighted by atomic mass is 35.5. The maximum absolute atomic E-state index is 13.5. The molecule has 1 fully saturated rings. The van der Waals surface area contributed by atoms with Gasteiger partial charge < -0.3 is 25.4 Å². The summed E-state index contributed by atoms with van der Waals surface area (Å²) in [4.78, 5) is 13.3. The van der Waals surface area contributed by atoms with E-state index in [1.54, 1.807) is 24.3 Å². The fraction of sp³-hybridized carbons (Fsp3) is 0.290. The van der Waals surface area contributed by atoms with Crippen molar-refractivity contribution < 1.29 is 14.2 Å². The van der Waals surface area contributed by atoms with Crippen LogP contribution in [0, 0.1) is 5.82 Å². The number of ether oxygens (including phenoxy) is 1. The molecule has 2 aliphatic rings. The Hall–Kier alpha value is -3.76. The van der Waals surface area contributed by atoms with Crippen molar-refractivity contribution in [3.8, 4) is 5.75 Å². The van der Waals surface area contributed by atoms with E-state index in [9.17, 15) is 9.50 Å². The molecular formula is C31H32ClFN6O2. The number of rotatable bonds is 9. The lowest BCUT2D eigenvalue weighted by molar-refractivity contribution is -0.0179. The monoisotopic (exact) mass is 574 g/mol. The normalized spacial score (nSPS) is 16.6. The number of β-amino-alcohol motifs (C(OH)–C–C–N with tert-alkyl or cyclic N) is 1. The van der Waals surface area contributed by atoms with Crippen LogP contribution in [-0.2, 0) is 6.61 Å². The Kier molecular flexibility index (Phi) is 8.29. The van der Waals surface area contributed by atoms with Crippen LogP contribution in [-0.4, -0.2) is 70.4 Å². The number of nitrogens with zero attached hydrogens (tertiary/aromatic N) is 4. The van der Waals surface area contributed by atoms with Crippen LogP contribution in [0.5, 0.6) is 5.75 Å². The van der Waals surface area contributed by atoms with Gasteiger partial charge in [0.2, 0.25) is 0 Å². The summed E-state index contributed by atoms with van der Waals surface area (Å²) in [5.74, 6) is 0.880. The first-order valence-electron chi connectivity index (χ1n) is 13.8. The van der Waals surface area contributed by atoms with E-state index in [1.165, 1.54) is 24.0 Å². The molecule has 8 nitrogen and oxygen atoms in total. The molecule has 1 saturated heterocycles. The zero-order valence-electron chi connectivity index (χ0n) is 22.6. The molecule has 0 aliphatic carbocycles. The largest absolute Gasteiger partial charge is 0.487 e. The van der Waals surface area contributed by atoms with Crippen molar-refractivity contribution >= 4 is 39.6 Å². The summed E-state index contributed by atoms with van der Waals surface area (Å²) in [6.45, 7) is 5.23. The zero-order valence-corrected chi connectivity index (χ0v) is 23.3. The van der Waals surface area contributed by atoms with Gasteiger partial charge in [-0.05, 0) is 65.6 Å². The Balaban J connectivity index is 1.15. The van der Waals surface area contributed by atoms with Gasteiger partial charge in [0.05, 0.1) is 17.1 Å². The first kappa shape index (κ1) is 27.4. The molecule has 0 spiro atoms. The standard InChI is InChI=1S/C31H32ClFN6O2/c32-27-16-25(5-7-29(27)41-19-21-2-1-3-24(33)14-21)37-31-26-15-22(4-6-28(26)35-20-36-31)23-8-11-38(17-23)18-30(40)39-12-9-34-10-13-39/h1-7,14-17,20,30,34,40H,8-13,18-19H2,(H,35,36,37). The number of aromatic nitrogens is 2. The van der Waals surface area contributed by atoms with Crippen molar-refractivity contribution in [1.82, 2.24) is 25.1 Å². The van der Waals surface area contributed by atoms with Gasteiger partial charge >= 0.3 is 0 Å². The van der Waals surface area contributed by atoms with Crippen LogP contribution >= 0.6 is 11.6 Å². The number of halogens is 2. The van der Waals surface area contributed by atoms with E-state index < -0.39 is 6.23 Å². The van der Waals surface area contributed by atoms with Gasteiger partial charge in [0.15, 0.2) is 0 Å². The third kappa shape index (κ3) is 6.60. The fourth-order valence-corrected chi connectivity index (χ4v) is 5.49. The summed E-state index contributed by atoms with van der Waals surface area (Å²) < 4.78 is 19.3. The predicted molar refractivity (Wildman–Crippen MR) is 160 cm³/mol. The lowest BCUT2D eigenvalue weighted by Gasteiger charge is -2.33. The Bertz CT molecular complexity index is 1560. The van der Waals surface area contributed by atoms with Crippen LogP contribution < -0.4 is 15.4 Å². The van der Waals surface area contributed by atoms with Crippen LogP contribution in [0.15, 0.2) is 73.2 Å². The topological polar surface area (TPSA) is 85.8 Å². The smallest absolute Gasteiger partial charge is 0.141 e. The maximum Gasteiger partial charge on any atom is 0.141 e. The van der Waals surface area contributed by atoms with Crippen LogP contribution in [0.3, 0.4) is 0 Å². The van der Waals surface area contributed by atoms with E-state index in [1.807, 2.05) is 12.1 Å². The van der Waals surface area contributed by atoms with E-state index in [0.29, 0.717) is 23.1 Å². The minimum Gasteiger partial charge on any atom is -0.487 e. The molecule has 0 saturated carbocycles. The molecule has 0 bridgehead atoms. The third-order valence-electron chi connectivity index (χ3n) is 7.46. The van der Waals surface area contributed by atoms with Gasteiger partial charge in [-0.3, -0.25) is 4.90 Å². The van der Waals surface area contributed by atoms with E-state index >= 15 is 0 Å². The maximum atomic E-state index is 13.5. The predicted octanol–water partition coefficient (Wildman–Crippen LogP) is 5.02. The van der Waals surface area contributed by atoms with Crippen LogP contribution in [0.2, 0.25) is 5.02 Å². The van der Waals surface area contributed by atoms with Crippen molar-refractivity contribution in [2.75, 3.05) is 44.6 Å². The van der Waals surface area contributed by atoms with Crippen LogP contribution in [0.25, 0.3) is 16.5 Å².